The second kappa shape index (κ2) is 9.37. The van der Waals surface area contributed by atoms with E-state index in [0.717, 1.165) is 25.8 Å². The molecule has 0 aliphatic rings. The van der Waals surface area contributed by atoms with E-state index >= 15 is 0 Å². The number of hydrogen-bond donors (Lipinski definition) is 0. The van der Waals surface area contributed by atoms with Gasteiger partial charge in [0.15, 0.2) is 23.0 Å². The molecule has 0 spiro atoms. The molecule has 0 bridgehead atoms. The summed E-state index contributed by atoms with van der Waals surface area (Å²) >= 11 is 7.26. The lowest BCUT2D eigenvalue weighted by molar-refractivity contribution is 0.354. The Bertz CT molecular complexity index is 850. The molecule has 2 rings (SSSR count). The van der Waals surface area contributed by atoms with Crippen LogP contribution in [0.4, 0.5) is 0 Å². The standard InChI is InChI=1S/C20H23Br2NO4/c1-23(2)16(13-9-18(25-4)20(27-6)11-15(13)22)7-12-8-17(24-3)19(26-5)10-14(12)21/h7-11H,1-6H3/b16-7+. The molecule has 0 N–H and O–H groups in total. The van der Waals surface area contributed by atoms with Gasteiger partial charge in [0.1, 0.15) is 0 Å². The molecule has 2 aromatic rings. The first-order chi connectivity index (χ1) is 12.9. The Kier molecular flexibility index (Phi) is 7.44. The van der Waals surface area contributed by atoms with Crippen molar-refractivity contribution in [3.63, 3.8) is 0 Å². The largest absolute Gasteiger partial charge is 0.493 e. The molecule has 27 heavy (non-hydrogen) atoms. The number of methoxy groups -OCH3 is 4. The van der Waals surface area contributed by atoms with Gasteiger partial charge in [0.2, 0.25) is 0 Å². The quantitative estimate of drug-likeness (QED) is 0.482. The second-order valence-electron chi connectivity index (χ2n) is 5.84. The summed E-state index contributed by atoms with van der Waals surface area (Å²) in [5, 5.41) is 0. The van der Waals surface area contributed by atoms with Gasteiger partial charge >= 0.3 is 0 Å². The van der Waals surface area contributed by atoms with Crippen molar-refractivity contribution in [2.45, 2.75) is 0 Å². The van der Waals surface area contributed by atoms with Crippen LogP contribution in [-0.2, 0) is 0 Å². The molecule has 0 aromatic heterocycles. The lowest BCUT2D eigenvalue weighted by Crippen LogP contribution is -2.11. The van der Waals surface area contributed by atoms with Crippen molar-refractivity contribution in [3.8, 4) is 23.0 Å². The fourth-order valence-electron chi connectivity index (χ4n) is 2.63. The molecule has 7 heteroatoms. The lowest BCUT2D eigenvalue weighted by Gasteiger charge is -2.21. The predicted octanol–water partition coefficient (Wildman–Crippen LogP) is 5.31. The fourth-order valence-corrected chi connectivity index (χ4v) is 3.59. The first-order valence-corrected chi connectivity index (χ1v) is 9.67. The predicted molar refractivity (Wildman–Crippen MR) is 116 cm³/mol. The molecule has 5 nitrogen and oxygen atoms in total. The van der Waals surface area contributed by atoms with E-state index in [2.05, 4.69) is 37.9 Å². The van der Waals surface area contributed by atoms with Crippen LogP contribution in [0, 0.1) is 0 Å². The third-order valence-corrected chi connectivity index (χ3v) is 5.37. The van der Waals surface area contributed by atoms with Crippen LogP contribution >= 0.6 is 31.9 Å². The average molecular weight is 501 g/mol. The van der Waals surface area contributed by atoms with Gasteiger partial charge in [-0.05, 0) is 51.8 Å². The maximum Gasteiger partial charge on any atom is 0.161 e. The number of benzene rings is 2. The van der Waals surface area contributed by atoms with Crippen molar-refractivity contribution < 1.29 is 18.9 Å². The van der Waals surface area contributed by atoms with E-state index in [1.54, 1.807) is 28.4 Å². The van der Waals surface area contributed by atoms with Crippen molar-refractivity contribution in [1.82, 2.24) is 4.90 Å². The maximum atomic E-state index is 5.47. The zero-order valence-electron chi connectivity index (χ0n) is 16.2. The van der Waals surface area contributed by atoms with E-state index in [9.17, 15) is 0 Å². The summed E-state index contributed by atoms with van der Waals surface area (Å²) in [5.74, 6) is 2.66. The Morgan fingerprint density at radius 2 is 1.19 bits per heavy atom. The maximum absolute atomic E-state index is 5.47. The summed E-state index contributed by atoms with van der Waals surface area (Å²) in [6.45, 7) is 0. The van der Waals surface area contributed by atoms with E-state index in [1.165, 1.54) is 0 Å². The Morgan fingerprint density at radius 1 is 0.741 bits per heavy atom. The Morgan fingerprint density at radius 3 is 1.67 bits per heavy atom. The molecule has 146 valence electrons. The highest BCUT2D eigenvalue weighted by molar-refractivity contribution is 9.10. The van der Waals surface area contributed by atoms with Crippen LogP contribution < -0.4 is 18.9 Å². The van der Waals surface area contributed by atoms with Crippen molar-refractivity contribution >= 4 is 43.6 Å². The first-order valence-electron chi connectivity index (χ1n) is 8.08. The van der Waals surface area contributed by atoms with Crippen molar-refractivity contribution in [1.29, 1.82) is 0 Å². The van der Waals surface area contributed by atoms with Gasteiger partial charge in [-0.25, -0.2) is 0 Å². The SMILES string of the molecule is COc1cc(Br)c(/C=C(\c2cc(OC)c(OC)cc2Br)N(C)C)cc1OC. The van der Waals surface area contributed by atoms with Crippen LogP contribution in [0.1, 0.15) is 11.1 Å². The van der Waals surface area contributed by atoms with E-state index in [4.69, 9.17) is 18.9 Å². The highest BCUT2D eigenvalue weighted by atomic mass is 79.9. The Balaban J connectivity index is 2.66. The van der Waals surface area contributed by atoms with Crippen molar-refractivity contribution in [3.05, 3.63) is 44.3 Å². The monoisotopic (exact) mass is 499 g/mol. The number of halogens is 2. The van der Waals surface area contributed by atoms with E-state index in [-0.39, 0.29) is 0 Å². The van der Waals surface area contributed by atoms with E-state index < -0.39 is 0 Å². The Hall–Kier alpha value is -1.86. The molecule has 0 amide bonds. The van der Waals surface area contributed by atoms with E-state index in [1.807, 2.05) is 43.3 Å². The van der Waals surface area contributed by atoms with Crippen LogP contribution in [0.2, 0.25) is 0 Å². The molecule has 0 fully saturated rings. The normalized spacial score (nSPS) is 11.2. The van der Waals surface area contributed by atoms with Crippen LogP contribution in [0.5, 0.6) is 23.0 Å². The van der Waals surface area contributed by atoms with Crippen LogP contribution in [-0.4, -0.2) is 47.4 Å². The molecule has 2 aromatic carbocycles. The van der Waals surface area contributed by atoms with Gasteiger partial charge < -0.3 is 23.8 Å². The van der Waals surface area contributed by atoms with Gasteiger partial charge in [0.05, 0.1) is 28.4 Å². The molecule has 0 unspecified atom stereocenters. The smallest absolute Gasteiger partial charge is 0.161 e. The van der Waals surface area contributed by atoms with E-state index in [0.29, 0.717) is 23.0 Å². The third-order valence-electron chi connectivity index (χ3n) is 4.03. The molecule has 0 saturated carbocycles. The minimum Gasteiger partial charge on any atom is -0.493 e. The molecule has 0 radical (unpaired) electrons. The highest BCUT2D eigenvalue weighted by Gasteiger charge is 2.16. The summed E-state index contributed by atoms with van der Waals surface area (Å²) in [5.41, 5.74) is 2.91. The number of ether oxygens (including phenoxy) is 4. The molecule has 0 aliphatic heterocycles. The van der Waals surface area contributed by atoms with Gasteiger partial charge in [-0.1, -0.05) is 15.9 Å². The molecule has 0 aliphatic carbocycles. The number of nitrogens with zero attached hydrogens (tertiary/aromatic N) is 1. The van der Waals surface area contributed by atoms with Crippen LogP contribution in [0.25, 0.3) is 11.8 Å². The number of rotatable bonds is 7. The average Bonchev–Trinajstić information content (AvgIpc) is 2.66. The third kappa shape index (κ3) is 4.71. The highest BCUT2D eigenvalue weighted by Crippen LogP contribution is 2.39. The van der Waals surface area contributed by atoms with Gasteiger partial charge in [-0.3, -0.25) is 0 Å². The number of hydrogen-bond acceptors (Lipinski definition) is 5. The minimum atomic E-state index is 0.662. The van der Waals surface area contributed by atoms with Gasteiger partial charge in [0, 0.05) is 34.3 Å². The minimum absolute atomic E-state index is 0.662. The molecule has 0 saturated heterocycles. The van der Waals surface area contributed by atoms with Crippen molar-refractivity contribution in [2.24, 2.45) is 0 Å². The molecular weight excluding hydrogens is 478 g/mol. The molecule has 0 atom stereocenters. The summed E-state index contributed by atoms with van der Waals surface area (Å²) in [7, 11) is 10.5. The summed E-state index contributed by atoms with van der Waals surface area (Å²) < 4.78 is 23.4. The van der Waals surface area contributed by atoms with Gasteiger partial charge in [0.25, 0.3) is 0 Å². The Labute approximate surface area is 177 Å². The molecule has 0 heterocycles. The van der Waals surface area contributed by atoms with Crippen molar-refractivity contribution in [2.75, 3.05) is 42.5 Å². The van der Waals surface area contributed by atoms with Crippen LogP contribution in [0.3, 0.4) is 0 Å². The topological polar surface area (TPSA) is 40.2 Å². The summed E-state index contributed by atoms with van der Waals surface area (Å²) in [4.78, 5) is 2.04. The van der Waals surface area contributed by atoms with Gasteiger partial charge in [-0.15, -0.1) is 0 Å². The molecular formula is C20H23Br2NO4. The fraction of sp³-hybridized carbons (Fsp3) is 0.300. The van der Waals surface area contributed by atoms with Crippen LogP contribution in [0.15, 0.2) is 33.2 Å². The zero-order valence-corrected chi connectivity index (χ0v) is 19.4. The first kappa shape index (κ1) is 21.4. The summed E-state index contributed by atoms with van der Waals surface area (Å²) in [6, 6.07) is 7.67. The second-order valence-corrected chi connectivity index (χ2v) is 7.55. The zero-order chi connectivity index (χ0) is 20.1. The summed E-state index contributed by atoms with van der Waals surface area (Å²) in [6.07, 6.45) is 2.07. The lowest BCUT2D eigenvalue weighted by atomic mass is 10.1. The van der Waals surface area contributed by atoms with Gasteiger partial charge in [-0.2, -0.15) is 0 Å².